The minimum absolute atomic E-state index is 0.0289. The second-order valence-electron chi connectivity index (χ2n) is 5.24. The van der Waals surface area contributed by atoms with Gasteiger partial charge in [0, 0.05) is 27.7 Å². The van der Waals surface area contributed by atoms with Crippen LogP contribution in [-0.2, 0) is 9.59 Å². The fraction of sp³-hybridized carbons (Fsp3) is 0.750. The first-order valence-electron chi connectivity index (χ1n) is 6.21. The van der Waals surface area contributed by atoms with Crippen molar-refractivity contribution in [1.29, 1.82) is 0 Å². The molecule has 0 spiro atoms. The van der Waals surface area contributed by atoms with Crippen LogP contribution in [0.25, 0.3) is 0 Å². The molecule has 3 amide bonds. The monoisotopic (exact) mass is 271 g/mol. The Morgan fingerprint density at radius 1 is 1.21 bits per heavy atom. The van der Waals surface area contributed by atoms with Crippen molar-refractivity contribution in [3.8, 4) is 0 Å². The molecule has 0 aromatic carbocycles. The van der Waals surface area contributed by atoms with Gasteiger partial charge in [-0.05, 0) is 12.8 Å². The Labute approximate surface area is 112 Å². The Balaban J connectivity index is 2.42. The third kappa shape index (κ3) is 3.59. The summed E-state index contributed by atoms with van der Waals surface area (Å²) in [6.07, 6.45) is 2.04. The van der Waals surface area contributed by atoms with E-state index in [0.717, 1.165) is 6.42 Å². The second-order valence-corrected chi connectivity index (χ2v) is 5.24. The maximum atomic E-state index is 11.8. The van der Waals surface area contributed by atoms with Crippen LogP contribution in [0.15, 0.2) is 0 Å². The molecule has 1 aliphatic carbocycles. The van der Waals surface area contributed by atoms with E-state index in [2.05, 4.69) is 5.32 Å². The van der Waals surface area contributed by atoms with Crippen molar-refractivity contribution in [3.63, 3.8) is 0 Å². The minimum Gasteiger partial charge on any atom is -0.481 e. The summed E-state index contributed by atoms with van der Waals surface area (Å²) in [4.78, 5) is 37.0. The van der Waals surface area contributed by atoms with Crippen LogP contribution in [0.3, 0.4) is 0 Å². The summed E-state index contributed by atoms with van der Waals surface area (Å²) < 4.78 is 0. The fourth-order valence-electron chi connectivity index (χ4n) is 1.87. The SMILES string of the molecule is CN(C)C(=O)CN(C)C(=O)NCC1(C(=O)O)CCC1. The number of nitrogens with one attached hydrogen (secondary N) is 1. The topological polar surface area (TPSA) is 90.0 Å². The van der Waals surface area contributed by atoms with E-state index in [-0.39, 0.29) is 19.0 Å². The Morgan fingerprint density at radius 3 is 2.16 bits per heavy atom. The lowest BCUT2D eigenvalue weighted by Gasteiger charge is -2.37. The van der Waals surface area contributed by atoms with Crippen molar-refractivity contribution >= 4 is 17.9 Å². The molecular weight excluding hydrogens is 250 g/mol. The maximum absolute atomic E-state index is 11.8. The zero-order valence-corrected chi connectivity index (χ0v) is 11.6. The number of carbonyl (C=O) groups is 3. The molecule has 1 aliphatic rings. The molecule has 2 N–H and O–H groups in total. The van der Waals surface area contributed by atoms with Crippen molar-refractivity contribution in [2.75, 3.05) is 34.2 Å². The van der Waals surface area contributed by atoms with Gasteiger partial charge in [0.1, 0.15) is 6.54 Å². The van der Waals surface area contributed by atoms with Crippen LogP contribution in [0.1, 0.15) is 19.3 Å². The summed E-state index contributed by atoms with van der Waals surface area (Å²) in [6.45, 7) is 0.0839. The highest BCUT2D eigenvalue weighted by Crippen LogP contribution is 2.40. The van der Waals surface area contributed by atoms with Gasteiger partial charge in [0.15, 0.2) is 0 Å². The van der Waals surface area contributed by atoms with Crippen molar-refractivity contribution in [2.24, 2.45) is 5.41 Å². The van der Waals surface area contributed by atoms with Crippen LogP contribution >= 0.6 is 0 Å². The Hall–Kier alpha value is -1.79. The number of likely N-dealkylation sites (N-methyl/N-ethyl adjacent to an activating group) is 2. The van der Waals surface area contributed by atoms with Crippen LogP contribution in [0.5, 0.6) is 0 Å². The smallest absolute Gasteiger partial charge is 0.317 e. The van der Waals surface area contributed by atoms with Gasteiger partial charge in [0.25, 0.3) is 0 Å². The zero-order valence-electron chi connectivity index (χ0n) is 11.6. The number of carboxylic acids is 1. The lowest BCUT2D eigenvalue weighted by atomic mass is 9.69. The zero-order chi connectivity index (χ0) is 14.6. The van der Waals surface area contributed by atoms with Crippen molar-refractivity contribution < 1.29 is 19.5 Å². The molecule has 0 heterocycles. The van der Waals surface area contributed by atoms with E-state index in [4.69, 9.17) is 5.11 Å². The molecule has 0 radical (unpaired) electrons. The average Bonchev–Trinajstić information content (AvgIpc) is 2.26. The van der Waals surface area contributed by atoms with E-state index in [9.17, 15) is 14.4 Å². The molecule has 1 fully saturated rings. The molecule has 7 heteroatoms. The van der Waals surface area contributed by atoms with Crippen LogP contribution in [0.2, 0.25) is 0 Å². The quantitative estimate of drug-likeness (QED) is 0.735. The number of rotatable bonds is 5. The van der Waals surface area contributed by atoms with Crippen LogP contribution in [-0.4, -0.2) is 67.0 Å². The van der Waals surface area contributed by atoms with Gasteiger partial charge < -0.3 is 20.2 Å². The lowest BCUT2D eigenvalue weighted by Crippen LogP contribution is -2.51. The summed E-state index contributed by atoms with van der Waals surface area (Å²) in [7, 11) is 4.73. The molecule has 0 aromatic rings. The van der Waals surface area contributed by atoms with E-state index >= 15 is 0 Å². The highest BCUT2D eigenvalue weighted by Gasteiger charge is 2.44. The van der Waals surface area contributed by atoms with Gasteiger partial charge >= 0.3 is 12.0 Å². The molecule has 0 saturated heterocycles. The van der Waals surface area contributed by atoms with E-state index in [1.54, 1.807) is 14.1 Å². The predicted molar refractivity (Wildman–Crippen MR) is 68.6 cm³/mol. The average molecular weight is 271 g/mol. The van der Waals surface area contributed by atoms with Crippen LogP contribution in [0.4, 0.5) is 4.79 Å². The first kappa shape index (κ1) is 15.3. The molecule has 0 aromatic heterocycles. The highest BCUT2D eigenvalue weighted by molar-refractivity contribution is 5.84. The summed E-state index contributed by atoms with van der Waals surface area (Å²) in [5.41, 5.74) is -0.817. The summed E-state index contributed by atoms with van der Waals surface area (Å²) in [6, 6.07) is -0.428. The molecule has 1 saturated carbocycles. The van der Waals surface area contributed by atoms with Gasteiger partial charge in [-0.25, -0.2) is 4.79 Å². The Kier molecular flexibility index (Phi) is 4.74. The highest BCUT2D eigenvalue weighted by atomic mass is 16.4. The number of hydrogen-bond donors (Lipinski definition) is 2. The molecule has 0 bridgehead atoms. The molecule has 108 valence electrons. The number of hydrogen-bond acceptors (Lipinski definition) is 3. The van der Waals surface area contributed by atoms with Crippen molar-refractivity contribution in [1.82, 2.24) is 15.1 Å². The van der Waals surface area contributed by atoms with Crippen LogP contribution < -0.4 is 5.32 Å². The minimum atomic E-state index is -0.869. The summed E-state index contributed by atoms with van der Waals surface area (Å²) in [5.74, 6) is -1.06. The number of amides is 3. The van der Waals surface area contributed by atoms with Gasteiger partial charge in [-0.2, -0.15) is 0 Å². The van der Waals surface area contributed by atoms with Crippen molar-refractivity contribution in [2.45, 2.75) is 19.3 Å². The van der Waals surface area contributed by atoms with Gasteiger partial charge in [-0.3, -0.25) is 9.59 Å². The number of aliphatic carboxylic acids is 1. The fourth-order valence-corrected chi connectivity index (χ4v) is 1.87. The standard InChI is InChI=1S/C12H21N3O4/c1-14(2)9(16)7-15(3)11(19)13-8-12(10(17)18)5-4-6-12/h4-8H2,1-3H3,(H,13,19)(H,17,18). The van der Waals surface area contributed by atoms with Gasteiger partial charge in [-0.1, -0.05) is 6.42 Å². The summed E-state index contributed by atoms with van der Waals surface area (Å²) >= 11 is 0. The number of carbonyl (C=O) groups excluding carboxylic acids is 2. The van der Waals surface area contributed by atoms with E-state index in [0.29, 0.717) is 12.8 Å². The van der Waals surface area contributed by atoms with Gasteiger partial charge in [0.05, 0.1) is 5.41 Å². The van der Waals surface area contributed by atoms with E-state index < -0.39 is 17.4 Å². The first-order chi connectivity index (χ1) is 8.78. The largest absolute Gasteiger partial charge is 0.481 e. The molecular formula is C12H21N3O4. The predicted octanol–water partition coefficient (Wildman–Crippen LogP) is -0.0291. The molecule has 0 unspecified atom stereocenters. The van der Waals surface area contributed by atoms with Gasteiger partial charge in [0.2, 0.25) is 5.91 Å². The molecule has 1 rings (SSSR count). The first-order valence-corrected chi connectivity index (χ1v) is 6.21. The molecule has 0 aliphatic heterocycles. The van der Waals surface area contributed by atoms with E-state index in [1.165, 1.54) is 16.8 Å². The number of nitrogens with zero attached hydrogens (tertiary/aromatic N) is 2. The van der Waals surface area contributed by atoms with Crippen molar-refractivity contribution in [3.05, 3.63) is 0 Å². The summed E-state index contributed by atoms with van der Waals surface area (Å²) in [5, 5.41) is 11.7. The molecule has 7 nitrogen and oxygen atoms in total. The van der Waals surface area contributed by atoms with Crippen LogP contribution in [0, 0.1) is 5.41 Å². The Morgan fingerprint density at radius 2 is 1.79 bits per heavy atom. The van der Waals surface area contributed by atoms with E-state index in [1.807, 2.05) is 0 Å². The molecule has 0 atom stereocenters. The third-order valence-corrected chi connectivity index (χ3v) is 3.56. The Bertz CT molecular complexity index is 377. The molecule has 19 heavy (non-hydrogen) atoms. The normalized spacial score (nSPS) is 16.2. The van der Waals surface area contributed by atoms with Gasteiger partial charge in [-0.15, -0.1) is 0 Å². The number of carboxylic acid groups (broad SMARTS) is 1. The lowest BCUT2D eigenvalue weighted by molar-refractivity contribution is -0.153. The maximum Gasteiger partial charge on any atom is 0.317 e. The number of urea groups is 1. The third-order valence-electron chi connectivity index (χ3n) is 3.56. The second kappa shape index (κ2) is 5.90.